The van der Waals surface area contributed by atoms with E-state index in [4.69, 9.17) is 10.5 Å². The second kappa shape index (κ2) is 9.98. The Balaban J connectivity index is 1.64. The zero-order valence-corrected chi connectivity index (χ0v) is 14.8. The van der Waals surface area contributed by atoms with Gasteiger partial charge in [0.25, 0.3) is 0 Å². The summed E-state index contributed by atoms with van der Waals surface area (Å²) in [7, 11) is 0. The minimum absolute atomic E-state index is 0.472. The third-order valence-corrected chi connectivity index (χ3v) is 4.04. The Bertz CT molecular complexity index is 533. The van der Waals surface area contributed by atoms with E-state index in [1.807, 2.05) is 19.1 Å². The maximum absolute atomic E-state index is 5.82. The van der Waals surface area contributed by atoms with Crippen molar-refractivity contribution in [2.45, 2.75) is 26.2 Å². The molecule has 0 amide bonds. The first kappa shape index (κ1) is 18.3. The Hall–Kier alpha value is -2.01. The molecule has 0 saturated carbocycles. The fourth-order valence-corrected chi connectivity index (χ4v) is 2.66. The van der Waals surface area contributed by atoms with E-state index in [9.17, 15) is 0 Å². The fourth-order valence-electron chi connectivity index (χ4n) is 2.66. The summed E-state index contributed by atoms with van der Waals surface area (Å²) in [6.07, 6.45) is 3.55. The van der Waals surface area contributed by atoms with Gasteiger partial charge in [0.2, 0.25) is 0 Å². The third-order valence-electron chi connectivity index (χ3n) is 4.04. The number of ether oxygens (including phenoxy) is 1. The van der Waals surface area contributed by atoms with Gasteiger partial charge in [-0.15, -0.1) is 0 Å². The topological polar surface area (TPSA) is 62.9 Å². The highest BCUT2D eigenvalue weighted by atomic mass is 16.5. The van der Waals surface area contributed by atoms with E-state index in [1.165, 1.54) is 31.5 Å². The first-order valence-corrected chi connectivity index (χ1v) is 8.76. The molecule has 5 nitrogen and oxygen atoms in total. The number of hydrogen-bond donors (Lipinski definition) is 2. The van der Waals surface area contributed by atoms with Crippen LogP contribution in [0.4, 0.5) is 0 Å². The smallest absolute Gasteiger partial charge is 0.188 e. The Morgan fingerprint density at radius 2 is 2.00 bits per heavy atom. The normalized spacial score (nSPS) is 15.5. The van der Waals surface area contributed by atoms with Crippen molar-refractivity contribution < 1.29 is 4.74 Å². The maximum Gasteiger partial charge on any atom is 0.188 e. The van der Waals surface area contributed by atoms with Crippen molar-refractivity contribution in [3.63, 3.8) is 0 Å². The van der Waals surface area contributed by atoms with Crippen LogP contribution in [0.5, 0.6) is 5.75 Å². The SMILES string of the molecule is C=C(C)CN=C(N)NCCc1ccc(OCCN2CCCC2)cc1. The molecule has 2 rings (SSSR count). The van der Waals surface area contributed by atoms with Crippen molar-refractivity contribution in [1.82, 2.24) is 10.2 Å². The molecule has 0 aromatic heterocycles. The van der Waals surface area contributed by atoms with Crippen molar-refractivity contribution in [3.8, 4) is 5.75 Å². The molecule has 5 heteroatoms. The number of nitrogens with two attached hydrogens (primary N) is 1. The zero-order chi connectivity index (χ0) is 17.2. The standard InChI is InChI=1S/C19H30N4O/c1-16(2)15-22-19(20)21-10-9-17-5-7-18(8-6-17)24-14-13-23-11-3-4-12-23/h5-8H,1,3-4,9-15H2,2H3,(H3,20,21,22). The number of likely N-dealkylation sites (tertiary alicyclic amines) is 1. The lowest BCUT2D eigenvalue weighted by Crippen LogP contribution is -2.33. The van der Waals surface area contributed by atoms with E-state index in [-0.39, 0.29) is 0 Å². The molecule has 0 radical (unpaired) electrons. The van der Waals surface area contributed by atoms with Crippen LogP contribution in [0.15, 0.2) is 41.4 Å². The largest absolute Gasteiger partial charge is 0.492 e. The molecular formula is C19H30N4O. The van der Waals surface area contributed by atoms with E-state index in [0.29, 0.717) is 12.5 Å². The lowest BCUT2D eigenvalue weighted by atomic mass is 10.1. The first-order valence-electron chi connectivity index (χ1n) is 8.76. The zero-order valence-electron chi connectivity index (χ0n) is 14.8. The van der Waals surface area contributed by atoms with Gasteiger partial charge in [-0.25, -0.2) is 4.99 Å². The summed E-state index contributed by atoms with van der Waals surface area (Å²) in [5.41, 5.74) is 8.04. The van der Waals surface area contributed by atoms with Gasteiger partial charge in [-0.05, 0) is 57.0 Å². The van der Waals surface area contributed by atoms with Crippen LogP contribution in [0.3, 0.4) is 0 Å². The summed E-state index contributed by atoms with van der Waals surface area (Å²) < 4.78 is 5.82. The molecule has 1 aliphatic rings. The van der Waals surface area contributed by atoms with Crippen LogP contribution in [0.1, 0.15) is 25.3 Å². The van der Waals surface area contributed by atoms with Gasteiger partial charge >= 0.3 is 0 Å². The number of guanidine groups is 1. The van der Waals surface area contributed by atoms with Crippen LogP contribution in [0.2, 0.25) is 0 Å². The second-order valence-electron chi connectivity index (χ2n) is 6.38. The number of hydrogen-bond acceptors (Lipinski definition) is 3. The summed E-state index contributed by atoms with van der Waals surface area (Å²) in [6, 6.07) is 8.29. The summed E-state index contributed by atoms with van der Waals surface area (Å²) in [6.45, 7) is 11.3. The highest BCUT2D eigenvalue weighted by Gasteiger charge is 2.10. The molecule has 1 saturated heterocycles. The lowest BCUT2D eigenvalue weighted by Gasteiger charge is -2.15. The third kappa shape index (κ3) is 7.04. The average molecular weight is 330 g/mol. The van der Waals surface area contributed by atoms with Gasteiger partial charge in [0.1, 0.15) is 12.4 Å². The molecule has 1 aromatic carbocycles. The molecular weight excluding hydrogens is 300 g/mol. The molecule has 0 spiro atoms. The van der Waals surface area contributed by atoms with Crippen LogP contribution in [-0.4, -0.2) is 50.2 Å². The first-order chi connectivity index (χ1) is 11.6. The van der Waals surface area contributed by atoms with E-state index in [1.54, 1.807) is 0 Å². The Morgan fingerprint density at radius 3 is 2.67 bits per heavy atom. The van der Waals surface area contributed by atoms with Gasteiger partial charge in [0.15, 0.2) is 5.96 Å². The van der Waals surface area contributed by atoms with Gasteiger partial charge in [0.05, 0.1) is 6.54 Å². The predicted octanol–water partition coefficient (Wildman–Crippen LogP) is 2.18. The second-order valence-corrected chi connectivity index (χ2v) is 6.38. The van der Waals surface area contributed by atoms with Crippen LogP contribution in [0, 0.1) is 0 Å². The lowest BCUT2D eigenvalue weighted by molar-refractivity contribution is 0.238. The van der Waals surface area contributed by atoms with Crippen LogP contribution in [0.25, 0.3) is 0 Å². The number of rotatable bonds is 9. The number of nitrogens with zero attached hydrogens (tertiary/aromatic N) is 2. The Labute approximate surface area is 145 Å². The molecule has 0 aliphatic carbocycles. The number of benzene rings is 1. The van der Waals surface area contributed by atoms with Gasteiger partial charge in [-0.1, -0.05) is 24.3 Å². The summed E-state index contributed by atoms with van der Waals surface area (Å²) in [5, 5.41) is 3.12. The van der Waals surface area contributed by atoms with Gasteiger partial charge < -0.3 is 15.8 Å². The maximum atomic E-state index is 5.82. The quantitative estimate of drug-likeness (QED) is 0.414. The van der Waals surface area contributed by atoms with E-state index in [2.05, 4.69) is 33.9 Å². The van der Waals surface area contributed by atoms with Crippen molar-refractivity contribution in [2.75, 3.05) is 39.3 Å². The van der Waals surface area contributed by atoms with Crippen molar-refractivity contribution in [2.24, 2.45) is 10.7 Å². The highest BCUT2D eigenvalue weighted by Crippen LogP contribution is 2.13. The van der Waals surface area contributed by atoms with E-state index >= 15 is 0 Å². The molecule has 0 atom stereocenters. The average Bonchev–Trinajstić information content (AvgIpc) is 3.08. The van der Waals surface area contributed by atoms with Gasteiger partial charge in [0, 0.05) is 13.1 Å². The van der Waals surface area contributed by atoms with Crippen LogP contribution >= 0.6 is 0 Å². The molecule has 1 fully saturated rings. The van der Waals surface area contributed by atoms with E-state index < -0.39 is 0 Å². The molecule has 1 heterocycles. The Kier molecular flexibility index (Phi) is 7.62. The van der Waals surface area contributed by atoms with Gasteiger partial charge in [-0.3, -0.25) is 4.90 Å². The Morgan fingerprint density at radius 1 is 1.29 bits per heavy atom. The predicted molar refractivity (Wildman–Crippen MR) is 101 cm³/mol. The summed E-state index contributed by atoms with van der Waals surface area (Å²) in [5.74, 6) is 1.41. The van der Waals surface area contributed by atoms with Crippen molar-refractivity contribution in [3.05, 3.63) is 42.0 Å². The monoisotopic (exact) mass is 330 g/mol. The number of aliphatic imine (C=N–C) groups is 1. The molecule has 132 valence electrons. The molecule has 3 N–H and O–H groups in total. The van der Waals surface area contributed by atoms with Crippen LogP contribution in [-0.2, 0) is 6.42 Å². The highest BCUT2D eigenvalue weighted by molar-refractivity contribution is 5.77. The van der Waals surface area contributed by atoms with Crippen molar-refractivity contribution >= 4 is 5.96 Å². The molecule has 0 unspecified atom stereocenters. The minimum Gasteiger partial charge on any atom is -0.492 e. The molecule has 24 heavy (non-hydrogen) atoms. The number of nitrogens with one attached hydrogen (secondary N) is 1. The summed E-state index contributed by atoms with van der Waals surface area (Å²) in [4.78, 5) is 6.65. The molecule has 1 aliphatic heterocycles. The van der Waals surface area contributed by atoms with E-state index in [0.717, 1.165) is 37.4 Å². The fraction of sp³-hybridized carbons (Fsp3) is 0.526. The van der Waals surface area contributed by atoms with Crippen LogP contribution < -0.4 is 15.8 Å². The van der Waals surface area contributed by atoms with Gasteiger partial charge in [-0.2, -0.15) is 0 Å². The minimum atomic E-state index is 0.472. The molecule has 0 bridgehead atoms. The summed E-state index contributed by atoms with van der Waals surface area (Å²) >= 11 is 0. The van der Waals surface area contributed by atoms with Crippen molar-refractivity contribution in [1.29, 1.82) is 0 Å². The molecule has 1 aromatic rings.